The summed E-state index contributed by atoms with van der Waals surface area (Å²) in [6, 6.07) is 5.06. The van der Waals surface area contributed by atoms with Crippen LogP contribution >= 0.6 is 0 Å². The zero-order chi connectivity index (χ0) is 16.7. The average molecular weight is 319 g/mol. The number of rotatable bonds is 1. The fourth-order valence-corrected chi connectivity index (χ4v) is 2.88. The Morgan fingerprint density at radius 3 is 2.59 bits per heavy atom. The first-order chi connectivity index (χ1) is 10.0. The van der Waals surface area contributed by atoms with Crippen molar-refractivity contribution in [3.05, 3.63) is 23.9 Å². The summed E-state index contributed by atoms with van der Waals surface area (Å²) in [5, 5.41) is 13.8. The molecule has 1 heterocycles. The van der Waals surface area contributed by atoms with Crippen molar-refractivity contribution in [3.8, 4) is 6.07 Å². The van der Waals surface area contributed by atoms with E-state index in [9.17, 15) is 14.3 Å². The molecule has 0 spiro atoms. The molecule has 1 aromatic carbocycles. The first-order valence-corrected chi connectivity index (χ1v) is 8.64. The van der Waals surface area contributed by atoms with Crippen LogP contribution in [0.3, 0.4) is 0 Å². The molecule has 0 fully saturated rings. The third kappa shape index (κ3) is 3.12. The molecule has 0 bridgehead atoms. The van der Waals surface area contributed by atoms with E-state index < -0.39 is 21.2 Å². The van der Waals surface area contributed by atoms with Gasteiger partial charge in [-0.05, 0) is 48.3 Å². The second-order valence-corrected chi connectivity index (χ2v) is 8.51. The average Bonchev–Trinajstić information content (AvgIpc) is 2.76. The molecule has 0 amide bonds. The summed E-state index contributed by atoms with van der Waals surface area (Å²) in [7, 11) is -2.61. The number of hydrogen-bond donors (Lipinski definition) is 0. The van der Waals surface area contributed by atoms with Crippen LogP contribution in [0.15, 0.2) is 23.2 Å². The summed E-state index contributed by atoms with van der Waals surface area (Å²) in [6.07, 6.45) is 2.28. The van der Waals surface area contributed by atoms with E-state index in [1.807, 2.05) is 6.07 Å². The van der Waals surface area contributed by atoms with Crippen LogP contribution in [0.25, 0.3) is 10.9 Å². The van der Waals surface area contributed by atoms with Crippen LogP contribution in [0.5, 0.6) is 0 Å². The number of benzene rings is 1. The van der Waals surface area contributed by atoms with E-state index in [1.165, 1.54) is 18.5 Å². The molecule has 1 atom stereocenters. The van der Waals surface area contributed by atoms with Crippen molar-refractivity contribution in [2.75, 3.05) is 6.26 Å². The van der Waals surface area contributed by atoms with Crippen LogP contribution in [0, 0.1) is 11.3 Å². The lowest BCUT2D eigenvalue weighted by Gasteiger charge is -2.19. The molecule has 22 heavy (non-hydrogen) atoms. The lowest BCUT2D eigenvalue weighted by atomic mass is 10.2. The molecule has 6 nitrogen and oxygen atoms in total. The summed E-state index contributed by atoms with van der Waals surface area (Å²) in [5.41, 5.74) is 0.0373. The van der Waals surface area contributed by atoms with Gasteiger partial charge in [-0.1, -0.05) is 0 Å². The van der Waals surface area contributed by atoms with Gasteiger partial charge in [0.25, 0.3) is 0 Å². The third-order valence-corrected chi connectivity index (χ3v) is 4.09. The number of hydrogen-bond acceptors (Lipinski definition) is 5. The Morgan fingerprint density at radius 2 is 2.09 bits per heavy atom. The number of aromatic nitrogens is 2. The quantitative estimate of drug-likeness (QED) is 0.753. The minimum absolute atomic E-state index is 0.263. The van der Waals surface area contributed by atoms with Crippen molar-refractivity contribution in [2.45, 2.75) is 31.3 Å². The van der Waals surface area contributed by atoms with Gasteiger partial charge >= 0.3 is 6.09 Å². The van der Waals surface area contributed by atoms with Crippen LogP contribution in [-0.4, -0.2) is 37.8 Å². The highest BCUT2D eigenvalue weighted by atomic mass is 32.2. The standard InChI is InChI=1S/C15H17N3O3S/c1-15(2,3)21-14(19)18-12-7-13(22(4,5)20)10(8-16)6-11(12)9-17-18/h6-7,9H,4H2,1-3,5H3. The molecular weight excluding hydrogens is 302 g/mol. The Hall–Kier alpha value is -2.33. The molecule has 2 aromatic rings. The van der Waals surface area contributed by atoms with E-state index in [-0.39, 0.29) is 5.56 Å². The second kappa shape index (κ2) is 5.14. The molecule has 0 aliphatic heterocycles. The van der Waals surface area contributed by atoms with Gasteiger partial charge in [-0.2, -0.15) is 15.0 Å². The van der Waals surface area contributed by atoms with E-state index in [1.54, 1.807) is 26.8 Å². The highest BCUT2D eigenvalue weighted by Gasteiger charge is 2.21. The van der Waals surface area contributed by atoms with Crippen molar-refractivity contribution in [2.24, 2.45) is 0 Å². The van der Waals surface area contributed by atoms with E-state index in [2.05, 4.69) is 11.0 Å². The van der Waals surface area contributed by atoms with E-state index >= 15 is 0 Å². The topological polar surface area (TPSA) is 85.0 Å². The van der Waals surface area contributed by atoms with Gasteiger partial charge in [0, 0.05) is 11.6 Å². The molecule has 1 unspecified atom stereocenters. The Morgan fingerprint density at radius 1 is 1.45 bits per heavy atom. The first kappa shape index (κ1) is 16.0. The zero-order valence-electron chi connectivity index (χ0n) is 12.9. The highest BCUT2D eigenvalue weighted by Crippen LogP contribution is 2.24. The number of carbonyl (C=O) groups excluding carboxylic acids is 1. The highest BCUT2D eigenvalue weighted by molar-refractivity contribution is 7.99. The van der Waals surface area contributed by atoms with E-state index in [4.69, 9.17) is 4.74 Å². The SMILES string of the molecule is C=S(C)(=O)c1cc2c(cnn2C(=O)OC(C)(C)C)cc1C#N. The lowest BCUT2D eigenvalue weighted by molar-refractivity contribution is 0.0522. The minimum atomic E-state index is -2.61. The molecule has 0 N–H and O–H groups in total. The molecule has 7 heteroatoms. The van der Waals surface area contributed by atoms with Crippen molar-refractivity contribution < 1.29 is 13.7 Å². The molecule has 0 aliphatic carbocycles. The van der Waals surface area contributed by atoms with Crippen molar-refractivity contribution >= 4 is 32.4 Å². The van der Waals surface area contributed by atoms with Gasteiger partial charge in [-0.25, -0.2) is 4.79 Å². The number of nitriles is 1. The Labute approximate surface area is 129 Å². The maximum Gasteiger partial charge on any atom is 0.435 e. The van der Waals surface area contributed by atoms with Crippen molar-refractivity contribution in [3.63, 3.8) is 0 Å². The fraction of sp³-hybridized carbons (Fsp3) is 0.333. The molecule has 0 saturated heterocycles. The van der Waals surface area contributed by atoms with Gasteiger partial charge in [0.05, 0.1) is 22.2 Å². The van der Waals surface area contributed by atoms with Crippen LogP contribution < -0.4 is 0 Å². The van der Waals surface area contributed by atoms with Gasteiger partial charge < -0.3 is 4.74 Å². The van der Waals surface area contributed by atoms with Gasteiger partial charge in [-0.15, -0.1) is 0 Å². The molecule has 116 valence electrons. The zero-order valence-corrected chi connectivity index (χ0v) is 13.7. The number of nitrogens with zero attached hydrogens (tertiary/aromatic N) is 3. The maximum absolute atomic E-state index is 12.2. The Bertz CT molecular complexity index is 896. The molecule has 0 radical (unpaired) electrons. The normalized spacial score (nSPS) is 14.3. The fourth-order valence-electron chi connectivity index (χ4n) is 1.95. The van der Waals surface area contributed by atoms with Crippen LogP contribution in [0.4, 0.5) is 4.79 Å². The van der Waals surface area contributed by atoms with Crippen LogP contribution in [-0.2, 0) is 14.3 Å². The Balaban J connectivity index is 2.66. The minimum Gasteiger partial charge on any atom is -0.442 e. The second-order valence-electron chi connectivity index (χ2n) is 6.06. The van der Waals surface area contributed by atoms with Crippen LogP contribution in [0.1, 0.15) is 26.3 Å². The van der Waals surface area contributed by atoms with Crippen molar-refractivity contribution in [1.82, 2.24) is 9.78 Å². The number of carbonyl (C=O) groups is 1. The molecule has 0 saturated carbocycles. The Kier molecular flexibility index (Phi) is 3.75. The molecule has 0 aliphatic rings. The van der Waals surface area contributed by atoms with Crippen LogP contribution in [0.2, 0.25) is 0 Å². The van der Waals surface area contributed by atoms with E-state index in [0.29, 0.717) is 15.8 Å². The summed E-state index contributed by atoms with van der Waals surface area (Å²) in [4.78, 5) is 12.5. The first-order valence-electron chi connectivity index (χ1n) is 6.50. The molecular formula is C15H17N3O3S. The van der Waals surface area contributed by atoms with Gasteiger partial charge in [0.15, 0.2) is 0 Å². The molecule has 1 aromatic heterocycles. The van der Waals surface area contributed by atoms with Gasteiger partial charge in [0.2, 0.25) is 0 Å². The summed E-state index contributed by atoms with van der Waals surface area (Å²) >= 11 is 0. The third-order valence-electron chi connectivity index (χ3n) is 2.82. The largest absolute Gasteiger partial charge is 0.442 e. The number of fused-ring (bicyclic) bond motifs is 1. The predicted molar refractivity (Wildman–Crippen MR) is 85.5 cm³/mol. The van der Waals surface area contributed by atoms with Crippen molar-refractivity contribution in [1.29, 1.82) is 5.26 Å². The lowest BCUT2D eigenvalue weighted by Crippen LogP contribution is -2.27. The maximum atomic E-state index is 12.2. The summed E-state index contributed by atoms with van der Waals surface area (Å²) in [5.74, 6) is 3.61. The smallest absolute Gasteiger partial charge is 0.435 e. The van der Waals surface area contributed by atoms with Gasteiger partial charge in [-0.3, -0.25) is 4.21 Å². The predicted octanol–water partition coefficient (Wildman–Crippen LogP) is 2.40. The molecule has 2 rings (SSSR count). The van der Waals surface area contributed by atoms with Gasteiger partial charge in [0.1, 0.15) is 11.7 Å². The summed E-state index contributed by atoms with van der Waals surface area (Å²) in [6.45, 7) is 5.26. The summed E-state index contributed by atoms with van der Waals surface area (Å²) < 4.78 is 18.6. The van der Waals surface area contributed by atoms with E-state index in [0.717, 1.165) is 4.68 Å². The number of ether oxygens (including phenoxy) is 1. The monoisotopic (exact) mass is 319 g/mol.